The van der Waals surface area contributed by atoms with E-state index in [0.717, 1.165) is 6.54 Å². The zero-order chi connectivity index (χ0) is 12.0. The van der Waals surface area contributed by atoms with Crippen LogP contribution in [0.3, 0.4) is 0 Å². The maximum atomic E-state index is 5.26. The lowest BCUT2D eigenvalue weighted by Gasteiger charge is -2.29. The van der Waals surface area contributed by atoms with E-state index >= 15 is 0 Å². The molecule has 0 unspecified atom stereocenters. The largest absolute Gasteiger partial charge is 0.354 e. The van der Waals surface area contributed by atoms with Gasteiger partial charge in [-0.3, -0.25) is 4.90 Å². The summed E-state index contributed by atoms with van der Waals surface area (Å²) in [5, 5.41) is 0. The van der Waals surface area contributed by atoms with Gasteiger partial charge in [-0.15, -0.1) is 0 Å². The Labute approximate surface area is 98.0 Å². The molecule has 0 saturated heterocycles. The molecule has 0 bridgehead atoms. The van der Waals surface area contributed by atoms with Gasteiger partial charge in [-0.25, -0.2) is 0 Å². The summed E-state index contributed by atoms with van der Waals surface area (Å²) >= 11 is 0. The van der Waals surface area contributed by atoms with E-state index < -0.39 is 0 Å². The fourth-order valence-electron chi connectivity index (χ4n) is 1.71. The van der Waals surface area contributed by atoms with E-state index in [9.17, 15) is 0 Å². The second-order valence-corrected chi connectivity index (χ2v) is 3.98. The first-order valence-corrected chi connectivity index (χ1v) is 5.48. The second kappa shape index (κ2) is 6.63. The average molecular weight is 223 g/mol. The van der Waals surface area contributed by atoms with Gasteiger partial charge in [0.1, 0.15) is 0 Å². The van der Waals surface area contributed by atoms with Crippen molar-refractivity contribution in [3.05, 3.63) is 35.9 Å². The normalized spacial score (nSPS) is 13.4. The molecule has 0 aliphatic carbocycles. The van der Waals surface area contributed by atoms with Crippen molar-refractivity contribution < 1.29 is 9.47 Å². The van der Waals surface area contributed by atoms with Crippen molar-refractivity contribution >= 4 is 0 Å². The topological polar surface area (TPSA) is 21.7 Å². The molecule has 3 heteroatoms. The van der Waals surface area contributed by atoms with Gasteiger partial charge in [-0.05, 0) is 19.5 Å². The number of hydrogen-bond donors (Lipinski definition) is 0. The monoisotopic (exact) mass is 223 g/mol. The van der Waals surface area contributed by atoms with Crippen LogP contribution in [0.15, 0.2) is 30.3 Å². The first-order valence-electron chi connectivity index (χ1n) is 5.48. The Morgan fingerprint density at radius 1 is 1.12 bits per heavy atom. The molecule has 0 spiro atoms. The molecule has 0 radical (unpaired) electrons. The van der Waals surface area contributed by atoms with Crippen LogP contribution in [0.25, 0.3) is 0 Å². The third-order valence-corrected chi connectivity index (χ3v) is 2.83. The van der Waals surface area contributed by atoms with Gasteiger partial charge in [0.05, 0.1) is 6.04 Å². The van der Waals surface area contributed by atoms with Gasteiger partial charge in [-0.2, -0.15) is 0 Å². The Kier molecular flexibility index (Phi) is 5.46. The Morgan fingerprint density at radius 3 is 2.19 bits per heavy atom. The molecule has 3 nitrogen and oxygen atoms in total. The van der Waals surface area contributed by atoms with Crippen molar-refractivity contribution in [1.82, 2.24) is 4.90 Å². The molecule has 1 atom stereocenters. The summed E-state index contributed by atoms with van der Waals surface area (Å²) in [5.74, 6) is 0. The van der Waals surface area contributed by atoms with E-state index in [4.69, 9.17) is 9.47 Å². The van der Waals surface area contributed by atoms with E-state index in [-0.39, 0.29) is 12.3 Å². The van der Waals surface area contributed by atoms with E-state index in [2.05, 4.69) is 43.1 Å². The van der Waals surface area contributed by atoms with Crippen molar-refractivity contribution in [3.8, 4) is 0 Å². The summed E-state index contributed by atoms with van der Waals surface area (Å²) in [4.78, 5) is 2.22. The summed E-state index contributed by atoms with van der Waals surface area (Å²) in [6.45, 7) is 2.99. The molecular formula is C13H21NO2. The summed E-state index contributed by atoms with van der Waals surface area (Å²) < 4.78 is 10.5. The SMILES string of the molecule is COC(OC)[C@H](C)N(C)Cc1ccccc1. The summed E-state index contributed by atoms with van der Waals surface area (Å²) in [6, 6.07) is 10.6. The zero-order valence-corrected chi connectivity index (χ0v) is 10.5. The van der Waals surface area contributed by atoms with Crippen molar-refractivity contribution in [2.45, 2.75) is 25.8 Å². The molecule has 1 rings (SSSR count). The molecule has 0 saturated carbocycles. The molecule has 0 aromatic heterocycles. The van der Waals surface area contributed by atoms with Crippen molar-refractivity contribution in [2.24, 2.45) is 0 Å². The minimum atomic E-state index is -0.186. The molecule has 0 amide bonds. The highest BCUT2D eigenvalue weighted by Gasteiger charge is 2.20. The van der Waals surface area contributed by atoms with Gasteiger partial charge >= 0.3 is 0 Å². The quantitative estimate of drug-likeness (QED) is 0.690. The van der Waals surface area contributed by atoms with Crippen LogP contribution in [0.1, 0.15) is 12.5 Å². The molecule has 0 aliphatic heterocycles. The molecule has 0 aliphatic rings. The highest BCUT2D eigenvalue weighted by molar-refractivity contribution is 5.14. The highest BCUT2D eigenvalue weighted by Crippen LogP contribution is 2.10. The first-order chi connectivity index (χ1) is 7.69. The number of benzene rings is 1. The van der Waals surface area contributed by atoms with E-state index in [1.165, 1.54) is 5.56 Å². The van der Waals surface area contributed by atoms with Crippen molar-refractivity contribution in [2.75, 3.05) is 21.3 Å². The van der Waals surface area contributed by atoms with Crippen LogP contribution in [0.5, 0.6) is 0 Å². The first kappa shape index (κ1) is 13.2. The van der Waals surface area contributed by atoms with Crippen molar-refractivity contribution in [1.29, 1.82) is 0 Å². The minimum absolute atomic E-state index is 0.186. The lowest BCUT2D eigenvalue weighted by Crippen LogP contribution is -2.40. The predicted molar refractivity (Wildman–Crippen MR) is 65.2 cm³/mol. The fourth-order valence-corrected chi connectivity index (χ4v) is 1.71. The van der Waals surface area contributed by atoms with Crippen LogP contribution in [-0.2, 0) is 16.0 Å². The molecule has 0 N–H and O–H groups in total. The summed E-state index contributed by atoms with van der Waals surface area (Å²) in [7, 11) is 5.41. The molecular weight excluding hydrogens is 202 g/mol. The third kappa shape index (κ3) is 3.59. The van der Waals surface area contributed by atoms with Gasteiger partial charge < -0.3 is 9.47 Å². The van der Waals surface area contributed by atoms with Gasteiger partial charge in [0.15, 0.2) is 6.29 Å². The van der Waals surface area contributed by atoms with Crippen molar-refractivity contribution in [3.63, 3.8) is 0 Å². The van der Waals surface area contributed by atoms with Crippen LogP contribution >= 0.6 is 0 Å². The average Bonchev–Trinajstić information content (AvgIpc) is 2.31. The van der Waals surface area contributed by atoms with Crippen LogP contribution in [0, 0.1) is 0 Å². The molecule has 1 aromatic rings. The Morgan fingerprint density at radius 2 is 1.69 bits per heavy atom. The van der Waals surface area contributed by atoms with Gasteiger partial charge in [0.25, 0.3) is 0 Å². The predicted octanol–water partition coefficient (Wildman–Crippen LogP) is 2.13. The van der Waals surface area contributed by atoms with Gasteiger partial charge in [0.2, 0.25) is 0 Å². The number of nitrogens with zero attached hydrogens (tertiary/aromatic N) is 1. The Hall–Kier alpha value is -0.900. The van der Waals surface area contributed by atoms with E-state index in [1.807, 2.05) is 6.07 Å². The molecule has 0 fully saturated rings. The number of methoxy groups -OCH3 is 2. The smallest absolute Gasteiger partial charge is 0.171 e. The lowest BCUT2D eigenvalue weighted by atomic mass is 10.2. The van der Waals surface area contributed by atoms with Crippen LogP contribution in [0.4, 0.5) is 0 Å². The summed E-state index contributed by atoms with van der Waals surface area (Å²) in [6.07, 6.45) is -0.186. The van der Waals surface area contributed by atoms with Crippen LogP contribution in [0.2, 0.25) is 0 Å². The minimum Gasteiger partial charge on any atom is -0.354 e. The Balaban J connectivity index is 2.54. The maximum Gasteiger partial charge on any atom is 0.171 e. The molecule has 90 valence electrons. The lowest BCUT2D eigenvalue weighted by molar-refractivity contribution is -0.140. The van der Waals surface area contributed by atoms with Crippen LogP contribution in [-0.4, -0.2) is 38.5 Å². The number of hydrogen-bond acceptors (Lipinski definition) is 3. The standard InChI is InChI=1S/C13H21NO2/c1-11(13(15-3)16-4)14(2)10-12-8-6-5-7-9-12/h5-9,11,13H,10H2,1-4H3/t11-/m0/s1. The number of rotatable bonds is 6. The molecule has 0 heterocycles. The fraction of sp³-hybridized carbons (Fsp3) is 0.538. The third-order valence-electron chi connectivity index (χ3n) is 2.83. The van der Waals surface area contributed by atoms with Gasteiger partial charge in [0, 0.05) is 20.8 Å². The maximum absolute atomic E-state index is 5.26. The second-order valence-electron chi connectivity index (χ2n) is 3.98. The van der Waals surface area contributed by atoms with Crippen LogP contribution < -0.4 is 0 Å². The number of ether oxygens (including phenoxy) is 2. The molecule has 1 aromatic carbocycles. The van der Waals surface area contributed by atoms with E-state index in [1.54, 1.807) is 14.2 Å². The highest BCUT2D eigenvalue weighted by atomic mass is 16.7. The summed E-state index contributed by atoms with van der Waals surface area (Å²) in [5.41, 5.74) is 1.29. The Bertz CT molecular complexity index is 285. The number of likely N-dealkylation sites (N-methyl/N-ethyl adjacent to an activating group) is 1. The van der Waals surface area contributed by atoms with Gasteiger partial charge in [-0.1, -0.05) is 30.3 Å². The van der Waals surface area contributed by atoms with E-state index in [0.29, 0.717) is 0 Å². The molecule has 16 heavy (non-hydrogen) atoms. The zero-order valence-electron chi connectivity index (χ0n) is 10.5.